The maximum absolute atomic E-state index is 3.42. The van der Waals surface area contributed by atoms with Crippen molar-refractivity contribution in [2.75, 3.05) is 0 Å². The highest BCUT2D eigenvalue weighted by atomic mass is 14.9. The van der Waals surface area contributed by atoms with Gasteiger partial charge in [-0.25, -0.2) is 0 Å². The van der Waals surface area contributed by atoms with Crippen molar-refractivity contribution in [1.82, 2.24) is 5.32 Å². The second kappa shape index (κ2) is 2.91. The van der Waals surface area contributed by atoms with Gasteiger partial charge in [-0.3, -0.25) is 0 Å². The molecular weight excluding hydrogens is 158 g/mol. The van der Waals surface area contributed by atoms with Crippen LogP contribution in [0.15, 0.2) is 23.9 Å². The molecule has 0 amide bonds. The van der Waals surface area contributed by atoms with E-state index in [9.17, 15) is 0 Å². The Balaban J connectivity index is 2.56. The number of fused-ring (bicyclic) bond motifs is 1. The summed E-state index contributed by atoms with van der Waals surface area (Å²) < 4.78 is 0. The number of aryl methyl sites for hydroxylation is 1. The van der Waals surface area contributed by atoms with Crippen LogP contribution in [0.25, 0.3) is 6.08 Å². The van der Waals surface area contributed by atoms with Crippen LogP contribution in [0.3, 0.4) is 0 Å². The highest BCUT2D eigenvalue weighted by Gasteiger charge is 2.13. The molecule has 1 unspecified atom stereocenters. The number of rotatable bonds is 0. The molecule has 1 heteroatoms. The van der Waals surface area contributed by atoms with Crippen molar-refractivity contribution < 1.29 is 0 Å². The minimum absolute atomic E-state index is 0.444. The van der Waals surface area contributed by atoms with Gasteiger partial charge in [-0.15, -0.1) is 0 Å². The molecular formula is C12H15N. The fourth-order valence-electron chi connectivity index (χ4n) is 1.89. The van der Waals surface area contributed by atoms with Gasteiger partial charge in [0.2, 0.25) is 0 Å². The fourth-order valence-corrected chi connectivity index (χ4v) is 1.89. The average Bonchev–Trinajstić information content (AvgIpc) is 2.06. The summed E-state index contributed by atoms with van der Waals surface area (Å²) in [5.41, 5.74) is 5.35. The summed E-state index contributed by atoms with van der Waals surface area (Å²) in [7, 11) is 0. The fraction of sp³-hybridized carbons (Fsp3) is 0.333. The predicted molar refractivity (Wildman–Crippen MR) is 56.4 cm³/mol. The number of nitrogens with one attached hydrogen (secondary N) is 1. The normalized spacial score (nSPS) is 20.2. The van der Waals surface area contributed by atoms with Gasteiger partial charge < -0.3 is 5.32 Å². The number of allylic oxidation sites excluding steroid dienone is 1. The quantitative estimate of drug-likeness (QED) is 0.636. The molecule has 1 aliphatic rings. The highest BCUT2D eigenvalue weighted by Crippen LogP contribution is 2.26. The topological polar surface area (TPSA) is 12.0 Å². The van der Waals surface area contributed by atoms with Gasteiger partial charge in [0, 0.05) is 11.7 Å². The van der Waals surface area contributed by atoms with Crippen LogP contribution in [0.5, 0.6) is 0 Å². The second-order valence-corrected chi connectivity index (χ2v) is 3.83. The zero-order chi connectivity index (χ0) is 9.42. The van der Waals surface area contributed by atoms with Gasteiger partial charge in [0.05, 0.1) is 0 Å². The number of hydrogen-bond donors (Lipinski definition) is 1. The van der Waals surface area contributed by atoms with E-state index in [1.165, 1.54) is 22.4 Å². The van der Waals surface area contributed by atoms with Gasteiger partial charge in [-0.1, -0.05) is 23.8 Å². The molecule has 0 spiro atoms. The first kappa shape index (κ1) is 8.36. The molecule has 1 aliphatic heterocycles. The molecule has 0 saturated carbocycles. The molecule has 1 heterocycles. The standard InChI is InChI=1S/C12H15N/c1-8-4-5-11-7-9(2)13-10(3)12(11)6-8/h4-7,10,13H,1-3H3. The zero-order valence-electron chi connectivity index (χ0n) is 8.39. The van der Waals surface area contributed by atoms with Crippen LogP contribution in [0.2, 0.25) is 0 Å². The maximum Gasteiger partial charge on any atom is 0.0488 e. The van der Waals surface area contributed by atoms with E-state index >= 15 is 0 Å². The summed E-state index contributed by atoms with van der Waals surface area (Å²) in [5, 5.41) is 3.42. The largest absolute Gasteiger partial charge is 0.382 e. The molecule has 1 N–H and O–H groups in total. The Hall–Kier alpha value is -1.24. The first-order chi connectivity index (χ1) is 6.16. The summed E-state index contributed by atoms with van der Waals surface area (Å²) in [4.78, 5) is 0. The molecule has 1 aromatic rings. The summed E-state index contributed by atoms with van der Waals surface area (Å²) in [6.07, 6.45) is 2.20. The summed E-state index contributed by atoms with van der Waals surface area (Å²) >= 11 is 0. The molecule has 0 saturated heterocycles. The maximum atomic E-state index is 3.42. The SMILES string of the molecule is CC1=Cc2ccc(C)cc2C(C)N1. The van der Waals surface area contributed by atoms with Gasteiger partial charge in [0.25, 0.3) is 0 Å². The number of hydrogen-bond acceptors (Lipinski definition) is 1. The molecule has 0 radical (unpaired) electrons. The third-order valence-corrected chi connectivity index (χ3v) is 2.52. The molecule has 1 nitrogen and oxygen atoms in total. The molecule has 1 atom stereocenters. The van der Waals surface area contributed by atoms with E-state index in [0.717, 1.165) is 0 Å². The van der Waals surface area contributed by atoms with Crippen molar-refractivity contribution in [1.29, 1.82) is 0 Å². The van der Waals surface area contributed by atoms with Crippen LogP contribution in [0, 0.1) is 6.92 Å². The Morgan fingerprint density at radius 2 is 2.00 bits per heavy atom. The minimum Gasteiger partial charge on any atom is -0.382 e. The summed E-state index contributed by atoms with van der Waals surface area (Å²) in [6.45, 7) is 6.45. The molecule has 1 aromatic carbocycles. The van der Waals surface area contributed by atoms with E-state index in [1.54, 1.807) is 0 Å². The van der Waals surface area contributed by atoms with Crippen LogP contribution in [0.4, 0.5) is 0 Å². The Bertz CT molecular complexity index is 363. The molecule has 13 heavy (non-hydrogen) atoms. The van der Waals surface area contributed by atoms with Gasteiger partial charge in [-0.2, -0.15) is 0 Å². The van der Waals surface area contributed by atoms with Crippen molar-refractivity contribution in [3.8, 4) is 0 Å². The van der Waals surface area contributed by atoms with Crippen LogP contribution in [0.1, 0.15) is 36.6 Å². The average molecular weight is 173 g/mol. The lowest BCUT2D eigenvalue weighted by Gasteiger charge is -2.23. The van der Waals surface area contributed by atoms with E-state index in [-0.39, 0.29) is 0 Å². The molecule has 0 bridgehead atoms. The minimum atomic E-state index is 0.444. The lowest BCUT2D eigenvalue weighted by atomic mass is 9.95. The lowest BCUT2D eigenvalue weighted by Crippen LogP contribution is -2.20. The first-order valence-corrected chi connectivity index (χ1v) is 4.72. The van der Waals surface area contributed by atoms with Crippen molar-refractivity contribution in [3.63, 3.8) is 0 Å². The smallest absolute Gasteiger partial charge is 0.0488 e. The Morgan fingerprint density at radius 1 is 1.23 bits per heavy atom. The van der Waals surface area contributed by atoms with E-state index in [2.05, 4.69) is 50.4 Å². The lowest BCUT2D eigenvalue weighted by molar-refractivity contribution is 0.646. The summed E-state index contributed by atoms with van der Waals surface area (Å²) in [5.74, 6) is 0. The molecule has 0 aromatic heterocycles. The van der Waals surface area contributed by atoms with Crippen LogP contribution in [-0.2, 0) is 0 Å². The Labute approximate surface area is 79.5 Å². The van der Waals surface area contributed by atoms with E-state index in [1.807, 2.05) is 0 Å². The second-order valence-electron chi connectivity index (χ2n) is 3.83. The van der Waals surface area contributed by atoms with Crippen molar-refractivity contribution in [2.24, 2.45) is 0 Å². The Morgan fingerprint density at radius 3 is 2.77 bits per heavy atom. The van der Waals surface area contributed by atoms with Gasteiger partial charge >= 0.3 is 0 Å². The third-order valence-electron chi connectivity index (χ3n) is 2.52. The molecule has 0 aliphatic carbocycles. The summed E-state index contributed by atoms with van der Waals surface area (Å²) in [6, 6.07) is 7.07. The third kappa shape index (κ3) is 1.46. The molecule has 0 fully saturated rings. The van der Waals surface area contributed by atoms with E-state index < -0.39 is 0 Å². The van der Waals surface area contributed by atoms with Gasteiger partial charge in [0.1, 0.15) is 0 Å². The van der Waals surface area contributed by atoms with Crippen molar-refractivity contribution in [2.45, 2.75) is 26.8 Å². The monoisotopic (exact) mass is 173 g/mol. The first-order valence-electron chi connectivity index (χ1n) is 4.72. The molecule has 68 valence electrons. The van der Waals surface area contributed by atoms with Crippen LogP contribution < -0.4 is 5.32 Å². The van der Waals surface area contributed by atoms with E-state index in [0.29, 0.717) is 6.04 Å². The number of benzene rings is 1. The van der Waals surface area contributed by atoms with Crippen molar-refractivity contribution in [3.05, 3.63) is 40.6 Å². The van der Waals surface area contributed by atoms with Crippen LogP contribution in [-0.4, -0.2) is 0 Å². The highest BCUT2D eigenvalue weighted by molar-refractivity contribution is 5.60. The van der Waals surface area contributed by atoms with E-state index in [4.69, 9.17) is 0 Å². The van der Waals surface area contributed by atoms with Gasteiger partial charge in [-0.05, 0) is 38.0 Å². The predicted octanol–water partition coefficient (Wildman–Crippen LogP) is 3.02. The van der Waals surface area contributed by atoms with Crippen LogP contribution >= 0.6 is 0 Å². The molecule has 2 rings (SSSR count). The Kier molecular flexibility index (Phi) is 1.87. The van der Waals surface area contributed by atoms with Crippen molar-refractivity contribution >= 4 is 6.08 Å². The zero-order valence-corrected chi connectivity index (χ0v) is 8.39. The van der Waals surface area contributed by atoms with Gasteiger partial charge in [0.15, 0.2) is 0 Å².